The first-order valence-corrected chi connectivity index (χ1v) is 10.0. The summed E-state index contributed by atoms with van der Waals surface area (Å²) in [4.78, 5) is 13.0. The smallest absolute Gasteiger partial charge is 0.223 e. The molecule has 5 saturated carbocycles. The van der Waals surface area contributed by atoms with Crippen molar-refractivity contribution in [3.8, 4) is 0 Å². The van der Waals surface area contributed by atoms with Crippen molar-refractivity contribution in [1.29, 1.82) is 0 Å². The van der Waals surface area contributed by atoms with Gasteiger partial charge in [-0.15, -0.1) is 0 Å². The molecular weight excluding hydrogens is 318 g/mol. The van der Waals surface area contributed by atoms with Gasteiger partial charge in [-0.2, -0.15) is 0 Å². The lowest BCUT2D eigenvalue weighted by molar-refractivity contribution is -0.138. The predicted molar refractivity (Wildman–Crippen MR) is 95.9 cm³/mol. The molecule has 24 heavy (non-hydrogen) atoms. The zero-order valence-corrected chi connectivity index (χ0v) is 14.9. The van der Waals surface area contributed by atoms with Crippen LogP contribution in [-0.4, -0.2) is 12.5 Å². The molecule has 3 heteroatoms. The average molecular weight is 344 g/mol. The van der Waals surface area contributed by atoms with E-state index in [1.54, 1.807) is 0 Å². The second-order valence-electron chi connectivity index (χ2n) is 8.96. The lowest BCUT2D eigenvalue weighted by Crippen LogP contribution is -2.51. The van der Waals surface area contributed by atoms with Crippen LogP contribution in [0.3, 0.4) is 0 Å². The Bertz CT molecular complexity index is 638. The summed E-state index contributed by atoms with van der Waals surface area (Å²) in [6, 6.07) is 8.18. The average Bonchev–Trinajstić information content (AvgIpc) is 3.33. The highest BCUT2D eigenvalue weighted by Crippen LogP contribution is 2.56. The Kier molecular flexibility index (Phi) is 3.49. The van der Waals surface area contributed by atoms with E-state index in [9.17, 15) is 4.79 Å². The SMILES string of the molecule is O=C(NCC1(c2cccc(Cl)c2)CC1)C1C2CC3CC(C2)CC1C3. The van der Waals surface area contributed by atoms with Crippen molar-refractivity contribution in [2.45, 2.75) is 50.4 Å². The van der Waals surface area contributed by atoms with Crippen molar-refractivity contribution < 1.29 is 4.79 Å². The molecule has 1 amide bonds. The Balaban J connectivity index is 1.26. The van der Waals surface area contributed by atoms with E-state index in [2.05, 4.69) is 17.4 Å². The number of amides is 1. The molecule has 1 aromatic rings. The van der Waals surface area contributed by atoms with Crippen LogP contribution in [0.4, 0.5) is 0 Å². The Labute approximate surface area is 149 Å². The van der Waals surface area contributed by atoms with Crippen molar-refractivity contribution in [3.63, 3.8) is 0 Å². The number of hydrogen-bond acceptors (Lipinski definition) is 1. The maximum absolute atomic E-state index is 13.0. The van der Waals surface area contributed by atoms with Crippen LogP contribution in [0, 0.1) is 29.6 Å². The van der Waals surface area contributed by atoms with Gasteiger partial charge < -0.3 is 5.32 Å². The standard InChI is InChI=1S/C21H26ClNO/c22-18-3-1-2-17(11-18)21(4-5-21)12-23-20(24)19-15-7-13-6-14(9-15)10-16(19)8-13/h1-3,11,13-16,19H,4-10,12H2,(H,23,24). The summed E-state index contributed by atoms with van der Waals surface area (Å²) in [5.41, 5.74) is 1.44. The van der Waals surface area contributed by atoms with Crippen LogP contribution in [0.15, 0.2) is 24.3 Å². The number of halogens is 1. The zero-order chi connectivity index (χ0) is 16.3. The van der Waals surface area contributed by atoms with E-state index in [-0.39, 0.29) is 5.41 Å². The van der Waals surface area contributed by atoms with Gasteiger partial charge in [-0.3, -0.25) is 4.79 Å². The largest absolute Gasteiger partial charge is 0.355 e. The van der Waals surface area contributed by atoms with Crippen molar-refractivity contribution in [1.82, 2.24) is 5.32 Å². The summed E-state index contributed by atoms with van der Waals surface area (Å²) in [5, 5.41) is 4.15. The Morgan fingerprint density at radius 2 is 1.75 bits per heavy atom. The molecule has 0 aliphatic heterocycles. The van der Waals surface area contributed by atoms with Gasteiger partial charge in [0.05, 0.1) is 0 Å². The van der Waals surface area contributed by atoms with E-state index in [1.807, 2.05) is 12.1 Å². The Hall–Kier alpha value is -1.02. The molecule has 1 aromatic carbocycles. The molecule has 0 radical (unpaired) electrons. The summed E-state index contributed by atoms with van der Waals surface area (Å²) >= 11 is 6.16. The molecule has 0 heterocycles. The van der Waals surface area contributed by atoms with Crippen LogP contribution in [0.5, 0.6) is 0 Å². The fourth-order valence-corrected chi connectivity index (χ4v) is 6.45. The molecule has 0 saturated heterocycles. The van der Waals surface area contributed by atoms with Gasteiger partial charge in [0, 0.05) is 22.9 Å². The molecule has 0 spiro atoms. The highest BCUT2D eigenvalue weighted by Gasteiger charge is 2.51. The molecule has 5 aliphatic rings. The summed E-state index contributed by atoms with van der Waals surface area (Å²) in [6.07, 6.45) is 9.01. The molecule has 5 fully saturated rings. The van der Waals surface area contributed by atoms with E-state index < -0.39 is 0 Å². The van der Waals surface area contributed by atoms with Crippen molar-refractivity contribution >= 4 is 17.5 Å². The third-order valence-corrected chi connectivity index (χ3v) is 7.66. The second kappa shape index (κ2) is 5.49. The quantitative estimate of drug-likeness (QED) is 0.853. The molecule has 128 valence electrons. The normalized spacial score (nSPS) is 38.1. The topological polar surface area (TPSA) is 29.1 Å². The van der Waals surface area contributed by atoms with Gasteiger partial charge in [-0.1, -0.05) is 23.7 Å². The number of carbonyl (C=O) groups excluding carboxylic acids is 1. The van der Waals surface area contributed by atoms with Crippen LogP contribution in [-0.2, 0) is 10.2 Å². The summed E-state index contributed by atoms with van der Waals surface area (Å²) in [7, 11) is 0. The number of benzene rings is 1. The highest BCUT2D eigenvalue weighted by molar-refractivity contribution is 6.30. The van der Waals surface area contributed by atoms with Crippen molar-refractivity contribution in [2.75, 3.05) is 6.54 Å². The minimum absolute atomic E-state index is 0.145. The molecular formula is C21H26ClNO. The third-order valence-electron chi connectivity index (χ3n) is 7.42. The minimum atomic E-state index is 0.145. The zero-order valence-electron chi connectivity index (χ0n) is 14.1. The Morgan fingerprint density at radius 1 is 1.08 bits per heavy atom. The third kappa shape index (κ3) is 2.49. The molecule has 5 aliphatic carbocycles. The van der Waals surface area contributed by atoms with Gasteiger partial charge in [0.2, 0.25) is 5.91 Å². The van der Waals surface area contributed by atoms with Crippen LogP contribution in [0.25, 0.3) is 0 Å². The van der Waals surface area contributed by atoms with E-state index in [1.165, 1.54) is 37.7 Å². The molecule has 4 bridgehead atoms. The van der Waals surface area contributed by atoms with Gasteiger partial charge in [-0.25, -0.2) is 0 Å². The van der Waals surface area contributed by atoms with Crippen LogP contribution in [0.1, 0.15) is 50.5 Å². The number of carbonyl (C=O) groups is 1. The molecule has 1 N–H and O–H groups in total. The maximum Gasteiger partial charge on any atom is 0.223 e. The molecule has 0 aromatic heterocycles. The first-order chi connectivity index (χ1) is 11.6. The highest BCUT2D eigenvalue weighted by atomic mass is 35.5. The summed E-state index contributed by atoms with van der Waals surface area (Å²) in [5.74, 6) is 3.84. The van der Waals surface area contributed by atoms with E-state index in [0.717, 1.165) is 36.2 Å². The molecule has 0 atom stereocenters. The van der Waals surface area contributed by atoms with Crippen molar-refractivity contribution in [2.24, 2.45) is 29.6 Å². The summed E-state index contributed by atoms with van der Waals surface area (Å²) < 4.78 is 0. The lowest BCUT2D eigenvalue weighted by atomic mass is 9.51. The fraction of sp³-hybridized carbons (Fsp3) is 0.667. The molecule has 2 nitrogen and oxygen atoms in total. The minimum Gasteiger partial charge on any atom is -0.355 e. The lowest BCUT2D eigenvalue weighted by Gasteiger charge is -2.53. The van der Waals surface area contributed by atoms with Gasteiger partial charge in [0.1, 0.15) is 0 Å². The van der Waals surface area contributed by atoms with Crippen molar-refractivity contribution in [3.05, 3.63) is 34.9 Å². The van der Waals surface area contributed by atoms with E-state index in [0.29, 0.717) is 23.7 Å². The van der Waals surface area contributed by atoms with E-state index in [4.69, 9.17) is 11.6 Å². The monoisotopic (exact) mass is 343 g/mol. The van der Waals surface area contributed by atoms with E-state index >= 15 is 0 Å². The second-order valence-corrected chi connectivity index (χ2v) is 9.40. The van der Waals surface area contributed by atoms with Crippen LogP contribution < -0.4 is 5.32 Å². The first kappa shape index (κ1) is 15.3. The maximum atomic E-state index is 13.0. The predicted octanol–water partition coefficient (Wildman–Crippen LogP) is 4.56. The molecule has 0 unspecified atom stereocenters. The first-order valence-electron chi connectivity index (χ1n) is 9.67. The molecule has 6 rings (SSSR count). The number of hydrogen-bond donors (Lipinski definition) is 1. The van der Waals surface area contributed by atoms with Gasteiger partial charge in [0.15, 0.2) is 0 Å². The van der Waals surface area contributed by atoms with Gasteiger partial charge >= 0.3 is 0 Å². The van der Waals surface area contributed by atoms with Crippen LogP contribution in [0.2, 0.25) is 5.02 Å². The Morgan fingerprint density at radius 3 is 2.33 bits per heavy atom. The van der Waals surface area contributed by atoms with Gasteiger partial charge in [0.25, 0.3) is 0 Å². The number of rotatable bonds is 4. The van der Waals surface area contributed by atoms with Gasteiger partial charge in [-0.05, 0) is 86.3 Å². The number of nitrogens with one attached hydrogen (secondary N) is 1. The fourth-order valence-electron chi connectivity index (χ4n) is 6.26. The van der Waals surface area contributed by atoms with Crippen LogP contribution >= 0.6 is 11.6 Å². The summed E-state index contributed by atoms with van der Waals surface area (Å²) in [6.45, 7) is 0.787.